The molecule has 0 aromatic carbocycles. The van der Waals surface area contributed by atoms with E-state index in [2.05, 4.69) is 11.1 Å². The fourth-order valence-electron chi connectivity index (χ4n) is 2.15. The van der Waals surface area contributed by atoms with Gasteiger partial charge in [-0.25, -0.2) is 4.98 Å². The van der Waals surface area contributed by atoms with Gasteiger partial charge in [-0.2, -0.15) is 5.26 Å². The number of rotatable bonds is 3. The van der Waals surface area contributed by atoms with Gasteiger partial charge in [0.25, 0.3) is 5.91 Å². The molecule has 1 aromatic heterocycles. The van der Waals surface area contributed by atoms with Gasteiger partial charge < -0.3 is 4.90 Å². The molecule has 1 amide bonds. The molecule has 100 valence electrons. The highest BCUT2D eigenvalue weighted by Crippen LogP contribution is 2.34. The van der Waals surface area contributed by atoms with E-state index in [4.69, 9.17) is 11.6 Å². The minimum atomic E-state index is -0.818. The summed E-state index contributed by atoms with van der Waals surface area (Å²) in [6, 6.07) is 5.62. The van der Waals surface area contributed by atoms with Crippen LogP contribution in [0.3, 0.4) is 0 Å². The van der Waals surface area contributed by atoms with Gasteiger partial charge in [-0.05, 0) is 45.7 Å². The molecule has 19 heavy (non-hydrogen) atoms. The van der Waals surface area contributed by atoms with Crippen LogP contribution in [0.2, 0.25) is 5.15 Å². The molecule has 2 rings (SSSR count). The Morgan fingerprint density at radius 2 is 2.16 bits per heavy atom. The van der Waals surface area contributed by atoms with E-state index in [0.29, 0.717) is 16.4 Å². The van der Waals surface area contributed by atoms with E-state index in [0.717, 1.165) is 12.8 Å². The summed E-state index contributed by atoms with van der Waals surface area (Å²) in [5.74, 6) is -0.151. The van der Waals surface area contributed by atoms with E-state index in [9.17, 15) is 10.1 Å². The molecular weight excluding hydrogens is 262 g/mol. The van der Waals surface area contributed by atoms with Crippen LogP contribution < -0.4 is 0 Å². The number of aromatic nitrogens is 1. The molecule has 0 saturated heterocycles. The topological polar surface area (TPSA) is 57.0 Å². The molecule has 1 aromatic rings. The average molecular weight is 278 g/mol. The van der Waals surface area contributed by atoms with Gasteiger partial charge in [0.05, 0.1) is 6.07 Å². The standard InChI is InChI=1S/C14H16ClN3O/c1-9-6-10(7-12(15)17-9)13(19)18(11-4-5-11)14(2,3)8-16/h6-7,11H,4-5H2,1-3H3. The Morgan fingerprint density at radius 1 is 1.53 bits per heavy atom. The van der Waals surface area contributed by atoms with Crippen LogP contribution in [0.4, 0.5) is 0 Å². The highest BCUT2D eigenvalue weighted by Gasteiger charge is 2.42. The second-order valence-corrected chi connectivity index (χ2v) is 5.78. The van der Waals surface area contributed by atoms with Crippen LogP contribution in [0, 0.1) is 18.3 Å². The quantitative estimate of drug-likeness (QED) is 0.798. The first-order valence-corrected chi connectivity index (χ1v) is 6.62. The summed E-state index contributed by atoms with van der Waals surface area (Å²) in [5, 5.41) is 9.56. The van der Waals surface area contributed by atoms with E-state index >= 15 is 0 Å². The molecular formula is C14H16ClN3O. The van der Waals surface area contributed by atoms with Gasteiger partial charge in [0.1, 0.15) is 10.7 Å². The smallest absolute Gasteiger partial charge is 0.255 e. The zero-order valence-electron chi connectivity index (χ0n) is 11.3. The number of aryl methyl sites for hydroxylation is 1. The molecule has 0 atom stereocenters. The maximum Gasteiger partial charge on any atom is 0.255 e. The summed E-state index contributed by atoms with van der Waals surface area (Å²) in [6.07, 6.45) is 1.91. The monoisotopic (exact) mass is 277 g/mol. The van der Waals surface area contributed by atoms with Gasteiger partial charge in [-0.15, -0.1) is 0 Å². The third kappa shape index (κ3) is 2.87. The molecule has 1 aliphatic carbocycles. The average Bonchev–Trinajstić information content (AvgIpc) is 3.12. The Bertz CT molecular complexity index is 538. The number of nitrogens with zero attached hydrogens (tertiary/aromatic N) is 3. The Labute approximate surface area is 118 Å². The van der Waals surface area contributed by atoms with Gasteiger partial charge in [0.15, 0.2) is 0 Å². The van der Waals surface area contributed by atoms with Crippen LogP contribution in [-0.2, 0) is 0 Å². The molecule has 0 radical (unpaired) electrons. The molecule has 0 unspecified atom stereocenters. The lowest BCUT2D eigenvalue weighted by molar-refractivity contribution is 0.0615. The summed E-state index contributed by atoms with van der Waals surface area (Å²) in [6.45, 7) is 5.32. The summed E-state index contributed by atoms with van der Waals surface area (Å²) >= 11 is 5.90. The summed E-state index contributed by atoms with van der Waals surface area (Å²) in [5.41, 5.74) is 0.371. The van der Waals surface area contributed by atoms with Crippen molar-refractivity contribution in [2.24, 2.45) is 0 Å². The van der Waals surface area contributed by atoms with Crippen molar-refractivity contribution in [1.82, 2.24) is 9.88 Å². The molecule has 0 bridgehead atoms. The first-order chi connectivity index (χ1) is 8.85. The highest BCUT2D eigenvalue weighted by atomic mass is 35.5. The molecule has 1 heterocycles. The van der Waals surface area contributed by atoms with Gasteiger partial charge in [-0.1, -0.05) is 11.6 Å². The second kappa shape index (κ2) is 4.82. The molecule has 1 aliphatic rings. The molecule has 4 nitrogen and oxygen atoms in total. The molecule has 0 spiro atoms. The van der Waals surface area contributed by atoms with E-state index in [-0.39, 0.29) is 11.9 Å². The Balaban J connectivity index is 2.38. The van der Waals surface area contributed by atoms with E-state index in [1.807, 2.05) is 0 Å². The number of nitriles is 1. The second-order valence-electron chi connectivity index (χ2n) is 5.40. The molecule has 0 aliphatic heterocycles. The van der Waals surface area contributed by atoms with Crippen molar-refractivity contribution in [3.05, 3.63) is 28.5 Å². The first kappa shape index (κ1) is 13.8. The number of carbonyl (C=O) groups excluding carboxylic acids is 1. The van der Waals surface area contributed by atoms with Crippen LogP contribution >= 0.6 is 11.6 Å². The van der Waals surface area contributed by atoms with Gasteiger partial charge in [0.2, 0.25) is 0 Å². The molecule has 1 fully saturated rings. The normalized spacial score (nSPS) is 14.9. The number of pyridine rings is 1. The lowest BCUT2D eigenvalue weighted by atomic mass is 10.0. The van der Waals surface area contributed by atoms with Crippen molar-refractivity contribution in [2.45, 2.75) is 45.2 Å². The third-order valence-electron chi connectivity index (χ3n) is 3.18. The van der Waals surface area contributed by atoms with Crippen molar-refractivity contribution in [3.8, 4) is 6.07 Å². The first-order valence-electron chi connectivity index (χ1n) is 6.24. The minimum absolute atomic E-state index is 0.151. The minimum Gasteiger partial charge on any atom is -0.317 e. The van der Waals surface area contributed by atoms with Crippen molar-refractivity contribution in [2.75, 3.05) is 0 Å². The van der Waals surface area contributed by atoms with Crippen LogP contribution in [0.25, 0.3) is 0 Å². The summed E-state index contributed by atoms with van der Waals surface area (Å²) in [4.78, 5) is 18.3. The molecule has 0 N–H and O–H groups in total. The predicted molar refractivity (Wildman–Crippen MR) is 72.9 cm³/mol. The molecule has 5 heteroatoms. The van der Waals surface area contributed by atoms with E-state index < -0.39 is 5.54 Å². The Kier molecular flexibility index (Phi) is 3.51. The largest absolute Gasteiger partial charge is 0.317 e. The van der Waals surface area contributed by atoms with Crippen LogP contribution in [-0.4, -0.2) is 27.4 Å². The summed E-state index contributed by atoms with van der Waals surface area (Å²) in [7, 11) is 0. The van der Waals surface area contributed by atoms with Crippen LogP contribution in [0.5, 0.6) is 0 Å². The maximum absolute atomic E-state index is 12.6. The van der Waals surface area contributed by atoms with Crippen LogP contribution in [0.1, 0.15) is 42.7 Å². The van der Waals surface area contributed by atoms with Crippen molar-refractivity contribution < 1.29 is 4.79 Å². The summed E-state index contributed by atoms with van der Waals surface area (Å²) < 4.78 is 0. The SMILES string of the molecule is Cc1cc(C(=O)N(C2CC2)C(C)(C)C#N)cc(Cl)n1. The lowest BCUT2D eigenvalue weighted by Crippen LogP contribution is -2.48. The number of amides is 1. The van der Waals surface area contributed by atoms with Crippen molar-refractivity contribution in [3.63, 3.8) is 0 Å². The lowest BCUT2D eigenvalue weighted by Gasteiger charge is -2.33. The fraction of sp³-hybridized carbons (Fsp3) is 0.500. The Morgan fingerprint density at radius 3 is 2.63 bits per heavy atom. The van der Waals surface area contributed by atoms with Crippen molar-refractivity contribution >= 4 is 17.5 Å². The van der Waals surface area contributed by atoms with E-state index in [1.165, 1.54) is 0 Å². The van der Waals surface area contributed by atoms with Crippen molar-refractivity contribution in [1.29, 1.82) is 5.26 Å². The number of hydrogen-bond acceptors (Lipinski definition) is 3. The predicted octanol–water partition coefficient (Wildman–Crippen LogP) is 2.95. The number of halogens is 1. The van der Waals surface area contributed by atoms with Gasteiger partial charge >= 0.3 is 0 Å². The zero-order chi connectivity index (χ0) is 14.2. The van der Waals surface area contributed by atoms with E-state index in [1.54, 1.807) is 37.8 Å². The number of hydrogen-bond donors (Lipinski definition) is 0. The maximum atomic E-state index is 12.6. The van der Waals surface area contributed by atoms with Gasteiger partial charge in [0, 0.05) is 17.3 Å². The Hall–Kier alpha value is -1.60. The third-order valence-corrected chi connectivity index (χ3v) is 3.37. The molecule has 1 saturated carbocycles. The van der Waals surface area contributed by atoms with Gasteiger partial charge in [-0.3, -0.25) is 4.79 Å². The van der Waals surface area contributed by atoms with Crippen LogP contribution in [0.15, 0.2) is 12.1 Å². The number of carbonyl (C=O) groups is 1. The highest BCUT2D eigenvalue weighted by molar-refractivity contribution is 6.29. The fourth-order valence-corrected chi connectivity index (χ4v) is 2.40. The zero-order valence-corrected chi connectivity index (χ0v) is 12.0.